The first-order valence-electron chi connectivity index (χ1n) is 7.83. The largest absolute Gasteiger partial charge is 0.433 e. The summed E-state index contributed by atoms with van der Waals surface area (Å²) in [5, 5.41) is 16.0. The number of amides is 2. The minimum absolute atomic E-state index is 0.101. The molecule has 1 heterocycles. The van der Waals surface area contributed by atoms with Crippen LogP contribution in [0.2, 0.25) is 0 Å². The predicted molar refractivity (Wildman–Crippen MR) is 90.2 cm³/mol. The van der Waals surface area contributed by atoms with Crippen LogP contribution < -0.4 is 10.6 Å². The molecule has 8 nitrogen and oxygen atoms in total. The predicted octanol–water partition coefficient (Wildman–Crippen LogP) is 2.65. The molecule has 0 aliphatic carbocycles. The van der Waals surface area contributed by atoms with Gasteiger partial charge >= 0.3 is 5.88 Å². The quantitative estimate of drug-likeness (QED) is 0.591. The van der Waals surface area contributed by atoms with Gasteiger partial charge in [0.15, 0.2) is 5.76 Å². The van der Waals surface area contributed by atoms with Crippen LogP contribution in [0.3, 0.4) is 0 Å². The van der Waals surface area contributed by atoms with Crippen molar-refractivity contribution in [1.82, 2.24) is 10.6 Å². The molecule has 2 amide bonds. The van der Waals surface area contributed by atoms with Gasteiger partial charge in [0.1, 0.15) is 4.92 Å². The van der Waals surface area contributed by atoms with Gasteiger partial charge in [-0.25, -0.2) is 0 Å². The second kappa shape index (κ2) is 8.09. The fourth-order valence-corrected chi connectivity index (χ4v) is 2.00. The number of nitrogens with one attached hydrogen (secondary N) is 2. The molecule has 2 N–H and O–H groups in total. The summed E-state index contributed by atoms with van der Waals surface area (Å²) < 4.78 is 4.83. The summed E-state index contributed by atoms with van der Waals surface area (Å²) in [4.78, 5) is 33.7. The second-order valence-corrected chi connectivity index (χ2v) is 5.56. The fraction of sp³-hybridized carbons (Fsp3) is 0.294. The average molecular weight is 345 g/mol. The van der Waals surface area contributed by atoms with Crippen molar-refractivity contribution >= 4 is 17.7 Å². The Hall–Kier alpha value is -3.16. The molecule has 0 unspecified atom stereocenters. The van der Waals surface area contributed by atoms with Crippen molar-refractivity contribution in [2.75, 3.05) is 0 Å². The molecule has 1 aromatic heterocycles. The van der Waals surface area contributed by atoms with Gasteiger partial charge in [0.2, 0.25) is 0 Å². The Bertz CT molecular complexity index is 767. The van der Waals surface area contributed by atoms with Gasteiger partial charge < -0.3 is 15.1 Å². The zero-order chi connectivity index (χ0) is 18.4. The number of hydrogen-bond acceptors (Lipinski definition) is 5. The number of benzene rings is 1. The Morgan fingerprint density at radius 2 is 1.84 bits per heavy atom. The van der Waals surface area contributed by atoms with E-state index >= 15 is 0 Å². The van der Waals surface area contributed by atoms with Crippen molar-refractivity contribution in [3.63, 3.8) is 0 Å². The third kappa shape index (κ3) is 4.90. The standard InChI is InChI=1S/C17H19N3O5/c1-3-11(2)19-16(21)13-6-4-12(5-7-13)10-18-17(22)14-8-9-15(25-14)20(23)24/h4-9,11H,3,10H2,1-2H3,(H,18,22)(H,19,21)/t11-/m0/s1. The van der Waals surface area contributed by atoms with Gasteiger partial charge in [0, 0.05) is 18.2 Å². The van der Waals surface area contributed by atoms with E-state index in [1.165, 1.54) is 6.07 Å². The number of carbonyl (C=O) groups excluding carboxylic acids is 2. The molecule has 1 atom stereocenters. The van der Waals surface area contributed by atoms with E-state index in [2.05, 4.69) is 10.6 Å². The Balaban J connectivity index is 1.91. The monoisotopic (exact) mass is 345 g/mol. The van der Waals surface area contributed by atoms with Crippen molar-refractivity contribution in [3.05, 3.63) is 63.4 Å². The zero-order valence-electron chi connectivity index (χ0n) is 13.9. The molecule has 0 aliphatic rings. The number of carbonyl (C=O) groups is 2. The SMILES string of the molecule is CC[C@H](C)NC(=O)c1ccc(CNC(=O)c2ccc([N+](=O)[O-])o2)cc1. The smallest absolute Gasteiger partial charge is 0.395 e. The second-order valence-electron chi connectivity index (χ2n) is 5.56. The fourth-order valence-electron chi connectivity index (χ4n) is 2.00. The number of nitro groups is 1. The van der Waals surface area contributed by atoms with Gasteiger partial charge in [-0.05, 0) is 37.1 Å². The van der Waals surface area contributed by atoms with Crippen LogP contribution in [0.1, 0.15) is 46.7 Å². The van der Waals surface area contributed by atoms with Gasteiger partial charge in [-0.2, -0.15) is 0 Å². The van der Waals surface area contributed by atoms with E-state index in [0.29, 0.717) is 5.56 Å². The maximum Gasteiger partial charge on any atom is 0.433 e. The maximum atomic E-state index is 12.0. The van der Waals surface area contributed by atoms with Gasteiger partial charge in [0.25, 0.3) is 11.8 Å². The highest BCUT2D eigenvalue weighted by molar-refractivity contribution is 5.94. The molecule has 0 fully saturated rings. The summed E-state index contributed by atoms with van der Waals surface area (Å²) in [6.07, 6.45) is 0.848. The van der Waals surface area contributed by atoms with Crippen molar-refractivity contribution in [2.24, 2.45) is 0 Å². The molecule has 1 aromatic carbocycles. The van der Waals surface area contributed by atoms with E-state index in [-0.39, 0.29) is 24.3 Å². The van der Waals surface area contributed by atoms with Crippen LogP contribution in [0, 0.1) is 10.1 Å². The molecular formula is C17H19N3O5. The normalized spacial score (nSPS) is 11.6. The first kappa shape index (κ1) is 18.2. The van der Waals surface area contributed by atoms with E-state index in [4.69, 9.17) is 4.42 Å². The number of hydrogen-bond donors (Lipinski definition) is 2. The summed E-state index contributed by atoms with van der Waals surface area (Å²) in [5.74, 6) is -1.31. The molecule has 25 heavy (non-hydrogen) atoms. The molecule has 0 saturated heterocycles. The first-order chi connectivity index (χ1) is 11.9. The Morgan fingerprint density at radius 1 is 1.16 bits per heavy atom. The first-order valence-corrected chi connectivity index (χ1v) is 7.83. The van der Waals surface area contributed by atoms with Gasteiger partial charge in [-0.15, -0.1) is 0 Å². The van der Waals surface area contributed by atoms with Crippen LogP contribution >= 0.6 is 0 Å². The lowest BCUT2D eigenvalue weighted by molar-refractivity contribution is -0.402. The number of nitrogens with zero attached hydrogens (tertiary/aromatic N) is 1. The lowest BCUT2D eigenvalue weighted by Crippen LogP contribution is -2.31. The summed E-state index contributed by atoms with van der Waals surface area (Å²) in [6, 6.07) is 9.29. The zero-order valence-corrected chi connectivity index (χ0v) is 13.9. The Labute approximate surface area is 144 Å². The highest BCUT2D eigenvalue weighted by Gasteiger charge is 2.17. The van der Waals surface area contributed by atoms with E-state index in [9.17, 15) is 19.7 Å². The molecular weight excluding hydrogens is 326 g/mol. The van der Waals surface area contributed by atoms with Crippen LogP contribution in [0.5, 0.6) is 0 Å². The maximum absolute atomic E-state index is 12.0. The van der Waals surface area contributed by atoms with E-state index in [1.807, 2.05) is 13.8 Å². The highest BCUT2D eigenvalue weighted by Crippen LogP contribution is 2.15. The van der Waals surface area contributed by atoms with Crippen molar-refractivity contribution in [3.8, 4) is 0 Å². The molecule has 0 bridgehead atoms. The van der Waals surface area contributed by atoms with Gasteiger partial charge in [0.05, 0.1) is 6.07 Å². The van der Waals surface area contributed by atoms with Crippen LogP contribution in [0.4, 0.5) is 5.88 Å². The Kier molecular flexibility index (Phi) is 5.89. The van der Waals surface area contributed by atoms with Gasteiger partial charge in [-0.1, -0.05) is 19.1 Å². The summed E-state index contributed by atoms with van der Waals surface area (Å²) in [6.45, 7) is 4.13. The van der Waals surface area contributed by atoms with E-state index < -0.39 is 16.7 Å². The highest BCUT2D eigenvalue weighted by atomic mass is 16.6. The number of rotatable bonds is 7. The van der Waals surface area contributed by atoms with Crippen LogP contribution in [-0.2, 0) is 6.54 Å². The van der Waals surface area contributed by atoms with E-state index in [0.717, 1.165) is 18.1 Å². The third-order valence-electron chi connectivity index (χ3n) is 3.65. The van der Waals surface area contributed by atoms with Crippen molar-refractivity contribution in [1.29, 1.82) is 0 Å². The van der Waals surface area contributed by atoms with Crippen molar-refractivity contribution in [2.45, 2.75) is 32.9 Å². The number of furan rings is 1. The summed E-state index contributed by atoms with van der Waals surface area (Å²) >= 11 is 0. The molecule has 0 radical (unpaired) electrons. The molecule has 132 valence electrons. The Morgan fingerprint density at radius 3 is 2.40 bits per heavy atom. The third-order valence-corrected chi connectivity index (χ3v) is 3.65. The summed E-state index contributed by atoms with van der Waals surface area (Å²) in [5.41, 5.74) is 1.33. The van der Waals surface area contributed by atoms with Crippen LogP contribution in [0.15, 0.2) is 40.8 Å². The van der Waals surface area contributed by atoms with Gasteiger partial charge in [-0.3, -0.25) is 19.7 Å². The minimum Gasteiger partial charge on any atom is -0.395 e. The molecule has 2 rings (SSSR count). The lowest BCUT2D eigenvalue weighted by atomic mass is 10.1. The minimum atomic E-state index is -0.708. The molecule has 8 heteroatoms. The van der Waals surface area contributed by atoms with E-state index in [1.54, 1.807) is 24.3 Å². The molecule has 0 aliphatic heterocycles. The van der Waals surface area contributed by atoms with Crippen LogP contribution in [-0.4, -0.2) is 22.8 Å². The topological polar surface area (TPSA) is 114 Å². The summed E-state index contributed by atoms with van der Waals surface area (Å²) in [7, 11) is 0. The van der Waals surface area contributed by atoms with Crippen LogP contribution in [0.25, 0.3) is 0 Å². The molecule has 2 aromatic rings. The molecule has 0 spiro atoms. The average Bonchev–Trinajstić information content (AvgIpc) is 3.10. The molecule has 0 saturated carbocycles. The lowest BCUT2D eigenvalue weighted by Gasteiger charge is -2.11. The van der Waals surface area contributed by atoms with Crippen molar-refractivity contribution < 1.29 is 18.9 Å².